The largest absolute Gasteiger partial charge is 0.465 e. The van der Waals surface area contributed by atoms with Crippen LogP contribution in [0.15, 0.2) is 42.5 Å². The maximum atomic E-state index is 13.9. The van der Waals surface area contributed by atoms with Crippen molar-refractivity contribution in [3.8, 4) is 0 Å². The molecule has 1 unspecified atom stereocenters. The Kier molecular flexibility index (Phi) is 5.16. The number of nitrogens with one attached hydrogen (secondary N) is 1. The lowest BCUT2D eigenvalue weighted by Gasteiger charge is -2.17. The monoisotopic (exact) mass is 374 g/mol. The van der Waals surface area contributed by atoms with Crippen molar-refractivity contribution in [3.05, 3.63) is 59.7 Å². The van der Waals surface area contributed by atoms with E-state index in [0.29, 0.717) is 6.07 Å². The van der Waals surface area contributed by atoms with Crippen LogP contribution in [0.5, 0.6) is 0 Å². The average molecular weight is 374 g/mol. The van der Waals surface area contributed by atoms with E-state index in [1.165, 1.54) is 13.2 Å². The summed E-state index contributed by atoms with van der Waals surface area (Å²) in [6, 6.07) is 9.20. The van der Waals surface area contributed by atoms with E-state index in [4.69, 9.17) is 0 Å². The number of carbonyl (C=O) groups is 3. The van der Waals surface area contributed by atoms with Crippen molar-refractivity contribution in [2.75, 3.05) is 23.9 Å². The molecule has 0 aromatic heterocycles. The lowest BCUT2D eigenvalue weighted by molar-refractivity contribution is -0.122. The van der Waals surface area contributed by atoms with E-state index >= 15 is 0 Å². The highest BCUT2D eigenvalue weighted by Gasteiger charge is 2.36. The minimum absolute atomic E-state index is 0.0480. The second-order valence-corrected chi connectivity index (χ2v) is 6.03. The predicted molar refractivity (Wildman–Crippen MR) is 93.2 cm³/mol. The van der Waals surface area contributed by atoms with Crippen molar-refractivity contribution in [3.63, 3.8) is 0 Å². The lowest BCUT2D eigenvalue weighted by Crippen LogP contribution is -2.29. The zero-order valence-electron chi connectivity index (χ0n) is 14.4. The topological polar surface area (TPSA) is 75.7 Å². The summed E-state index contributed by atoms with van der Waals surface area (Å²) >= 11 is 0. The van der Waals surface area contributed by atoms with Crippen molar-refractivity contribution < 1.29 is 27.9 Å². The van der Waals surface area contributed by atoms with Gasteiger partial charge in [-0.25, -0.2) is 13.6 Å². The molecule has 2 amide bonds. The van der Waals surface area contributed by atoms with Crippen LogP contribution in [0.3, 0.4) is 0 Å². The molecule has 1 aliphatic rings. The number of anilines is 2. The minimum atomic E-state index is -0.875. The molecule has 0 saturated carbocycles. The normalized spacial score (nSPS) is 16.3. The summed E-state index contributed by atoms with van der Waals surface area (Å²) in [6.07, 6.45) is -0.122. The molecular formula is C19H16F2N2O4. The van der Waals surface area contributed by atoms with Crippen LogP contribution in [0.2, 0.25) is 0 Å². The molecule has 1 fully saturated rings. The molecule has 1 atom stereocenters. The second kappa shape index (κ2) is 7.53. The standard InChI is InChI=1S/C19H16F2N2O4/c1-27-19(26)13-4-2-3-5-15(13)22-18(25)11-8-17(24)23(10-11)16-7-6-12(20)9-14(16)21/h2-7,9,11H,8,10H2,1H3,(H,22,25). The molecule has 1 N–H and O–H groups in total. The van der Waals surface area contributed by atoms with Crippen LogP contribution in [0.1, 0.15) is 16.8 Å². The SMILES string of the molecule is COC(=O)c1ccccc1NC(=O)C1CC(=O)N(c2ccc(F)cc2F)C1. The van der Waals surface area contributed by atoms with Crippen molar-refractivity contribution >= 4 is 29.2 Å². The van der Waals surface area contributed by atoms with Crippen LogP contribution < -0.4 is 10.2 Å². The van der Waals surface area contributed by atoms with Crippen LogP contribution in [0, 0.1) is 17.6 Å². The lowest BCUT2D eigenvalue weighted by atomic mass is 10.1. The van der Waals surface area contributed by atoms with Crippen molar-refractivity contribution in [2.45, 2.75) is 6.42 Å². The van der Waals surface area contributed by atoms with Gasteiger partial charge in [0.05, 0.1) is 30.0 Å². The number of methoxy groups -OCH3 is 1. The van der Waals surface area contributed by atoms with Crippen LogP contribution in [0.4, 0.5) is 20.2 Å². The highest BCUT2D eigenvalue weighted by atomic mass is 19.1. The number of halogens is 2. The fourth-order valence-electron chi connectivity index (χ4n) is 2.93. The molecule has 2 aromatic rings. The average Bonchev–Trinajstić information content (AvgIpc) is 3.03. The highest BCUT2D eigenvalue weighted by Crippen LogP contribution is 2.29. The zero-order valence-corrected chi connectivity index (χ0v) is 14.4. The van der Waals surface area contributed by atoms with Gasteiger partial charge in [0.25, 0.3) is 0 Å². The third-order valence-corrected chi connectivity index (χ3v) is 4.29. The second-order valence-electron chi connectivity index (χ2n) is 6.03. The van der Waals surface area contributed by atoms with Gasteiger partial charge in [-0.05, 0) is 24.3 Å². The molecule has 0 radical (unpaired) electrons. The molecule has 1 aliphatic heterocycles. The number of esters is 1. The molecule has 0 aliphatic carbocycles. The summed E-state index contributed by atoms with van der Waals surface area (Å²) < 4.78 is 31.7. The summed E-state index contributed by atoms with van der Waals surface area (Å²) in [5.74, 6) is -3.90. The van der Waals surface area contributed by atoms with Crippen LogP contribution in [0.25, 0.3) is 0 Å². The number of carbonyl (C=O) groups excluding carboxylic acids is 3. The molecule has 0 bridgehead atoms. The number of para-hydroxylation sites is 1. The molecule has 1 saturated heterocycles. The molecule has 2 aromatic carbocycles. The Morgan fingerprint density at radius 1 is 1.19 bits per heavy atom. The van der Waals surface area contributed by atoms with Gasteiger partial charge in [0.15, 0.2) is 0 Å². The van der Waals surface area contributed by atoms with E-state index in [0.717, 1.165) is 17.0 Å². The maximum Gasteiger partial charge on any atom is 0.339 e. The molecule has 0 spiro atoms. The number of hydrogen-bond donors (Lipinski definition) is 1. The maximum absolute atomic E-state index is 13.9. The Hall–Kier alpha value is -3.29. The van der Waals surface area contributed by atoms with Gasteiger partial charge in [-0.1, -0.05) is 12.1 Å². The summed E-state index contributed by atoms with van der Waals surface area (Å²) in [7, 11) is 1.23. The molecule has 27 heavy (non-hydrogen) atoms. The van der Waals surface area contributed by atoms with Crippen LogP contribution in [-0.2, 0) is 14.3 Å². The fourth-order valence-corrected chi connectivity index (χ4v) is 2.93. The molecule has 140 valence electrons. The highest BCUT2D eigenvalue weighted by molar-refractivity contribution is 6.06. The Morgan fingerprint density at radius 2 is 1.93 bits per heavy atom. The Labute approximate surface area is 153 Å². The van der Waals surface area contributed by atoms with Gasteiger partial charge in [-0.2, -0.15) is 0 Å². The Morgan fingerprint density at radius 3 is 2.63 bits per heavy atom. The number of ether oxygens (including phenoxy) is 1. The van der Waals surface area contributed by atoms with Gasteiger partial charge in [0.2, 0.25) is 11.8 Å². The first kappa shape index (κ1) is 18.5. The van der Waals surface area contributed by atoms with Crippen molar-refractivity contribution in [1.29, 1.82) is 0 Å². The predicted octanol–water partition coefficient (Wildman–Crippen LogP) is 2.74. The van der Waals surface area contributed by atoms with Gasteiger partial charge in [0, 0.05) is 19.0 Å². The van der Waals surface area contributed by atoms with E-state index in [2.05, 4.69) is 10.1 Å². The zero-order chi connectivity index (χ0) is 19.6. The number of hydrogen-bond acceptors (Lipinski definition) is 4. The van der Waals surface area contributed by atoms with Crippen molar-refractivity contribution in [1.82, 2.24) is 0 Å². The van der Waals surface area contributed by atoms with Gasteiger partial charge in [-0.15, -0.1) is 0 Å². The number of benzene rings is 2. The third-order valence-electron chi connectivity index (χ3n) is 4.29. The number of amides is 2. The first-order valence-corrected chi connectivity index (χ1v) is 8.14. The van der Waals surface area contributed by atoms with Gasteiger partial charge in [-0.3, -0.25) is 9.59 Å². The fraction of sp³-hybridized carbons (Fsp3) is 0.211. The first-order valence-electron chi connectivity index (χ1n) is 8.14. The van der Waals surface area contributed by atoms with Gasteiger partial charge >= 0.3 is 5.97 Å². The smallest absolute Gasteiger partial charge is 0.339 e. The van der Waals surface area contributed by atoms with E-state index in [9.17, 15) is 23.2 Å². The van der Waals surface area contributed by atoms with Crippen LogP contribution in [-0.4, -0.2) is 31.4 Å². The van der Waals surface area contributed by atoms with E-state index in [1.807, 2.05) is 0 Å². The molecule has 6 nitrogen and oxygen atoms in total. The van der Waals surface area contributed by atoms with Crippen molar-refractivity contribution in [2.24, 2.45) is 5.92 Å². The van der Waals surface area contributed by atoms with Gasteiger partial charge in [0.1, 0.15) is 11.6 Å². The van der Waals surface area contributed by atoms with E-state index in [1.54, 1.807) is 18.2 Å². The number of rotatable bonds is 4. The quantitative estimate of drug-likeness (QED) is 0.835. The third kappa shape index (κ3) is 3.79. The van der Waals surface area contributed by atoms with Crippen LogP contribution >= 0.6 is 0 Å². The Bertz CT molecular complexity index is 916. The first-order chi connectivity index (χ1) is 12.9. The minimum Gasteiger partial charge on any atom is -0.465 e. The van der Waals surface area contributed by atoms with E-state index in [-0.39, 0.29) is 29.9 Å². The Balaban J connectivity index is 1.76. The summed E-state index contributed by atoms with van der Waals surface area (Å²) in [5, 5.41) is 2.61. The number of nitrogens with zero attached hydrogens (tertiary/aromatic N) is 1. The van der Waals surface area contributed by atoms with Gasteiger partial charge < -0.3 is 15.0 Å². The molecule has 3 rings (SSSR count). The molecular weight excluding hydrogens is 358 g/mol. The summed E-state index contributed by atoms with van der Waals surface area (Å²) in [5.41, 5.74) is 0.360. The summed E-state index contributed by atoms with van der Waals surface area (Å²) in [4.78, 5) is 37.7. The van der Waals surface area contributed by atoms with E-state index < -0.39 is 35.3 Å². The summed E-state index contributed by atoms with van der Waals surface area (Å²) in [6.45, 7) is -0.0480. The molecule has 1 heterocycles. The molecule has 8 heteroatoms.